The van der Waals surface area contributed by atoms with Crippen LogP contribution in [0.15, 0.2) is 18.2 Å². The summed E-state index contributed by atoms with van der Waals surface area (Å²) in [5.74, 6) is -0.824. The number of nitrogens with one attached hydrogen (secondary N) is 1. The van der Waals surface area contributed by atoms with E-state index in [-0.39, 0.29) is 5.82 Å². The highest BCUT2D eigenvalue weighted by Gasteiger charge is 2.17. The summed E-state index contributed by atoms with van der Waals surface area (Å²) >= 11 is 0. The molecule has 78 valence electrons. The number of aryl methyl sites for hydroxylation is 1. The Morgan fingerprint density at radius 3 is 2.87 bits per heavy atom. The molecule has 1 aromatic heterocycles. The van der Waals surface area contributed by atoms with E-state index in [1.165, 1.54) is 13.2 Å². The number of hydrogen-bond acceptors (Lipinski definition) is 2. The third-order valence-corrected chi connectivity index (χ3v) is 2.36. The minimum Gasteiger partial charge on any atom is -0.465 e. The molecular formula is C11H10FNO2. The molecule has 1 heterocycles. The van der Waals surface area contributed by atoms with Crippen molar-refractivity contribution < 1.29 is 13.9 Å². The van der Waals surface area contributed by atoms with Crippen molar-refractivity contribution in [2.45, 2.75) is 6.92 Å². The molecule has 0 saturated carbocycles. The van der Waals surface area contributed by atoms with Crippen LogP contribution in [0.4, 0.5) is 4.39 Å². The van der Waals surface area contributed by atoms with E-state index in [0.717, 1.165) is 0 Å². The van der Waals surface area contributed by atoms with Crippen molar-refractivity contribution in [3.05, 3.63) is 35.3 Å². The van der Waals surface area contributed by atoms with Crippen molar-refractivity contribution in [1.29, 1.82) is 0 Å². The van der Waals surface area contributed by atoms with Gasteiger partial charge in [-0.25, -0.2) is 9.18 Å². The number of aromatic amines is 1. The molecule has 0 unspecified atom stereocenters. The Bertz CT molecular complexity index is 531. The van der Waals surface area contributed by atoms with Crippen LogP contribution in [0.3, 0.4) is 0 Å². The predicted molar refractivity (Wildman–Crippen MR) is 54.3 cm³/mol. The molecular weight excluding hydrogens is 197 g/mol. The van der Waals surface area contributed by atoms with Crippen LogP contribution < -0.4 is 0 Å². The fourth-order valence-electron chi connectivity index (χ4n) is 1.68. The molecule has 0 amide bonds. The Labute approximate surface area is 85.9 Å². The number of carbonyl (C=O) groups is 1. The van der Waals surface area contributed by atoms with Crippen molar-refractivity contribution >= 4 is 16.9 Å². The van der Waals surface area contributed by atoms with Gasteiger partial charge >= 0.3 is 5.97 Å². The minimum absolute atomic E-state index is 0.343. The van der Waals surface area contributed by atoms with Gasteiger partial charge in [0, 0.05) is 11.1 Å². The number of aromatic nitrogens is 1. The van der Waals surface area contributed by atoms with E-state index in [2.05, 4.69) is 9.72 Å². The van der Waals surface area contributed by atoms with Crippen LogP contribution in [0.25, 0.3) is 10.9 Å². The number of para-hydroxylation sites is 1. The highest BCUT2D eigenvalue weighted by atomic mass is 19.1. The Morgan fingerprint density at radius 1 is 1.47 bits per heavy atom. The van der Waals surface area contributed by atoms with Gasteiger partial charge in [-0.2, -0.15) is 0 Å². The number of hydrogen-bond donors (Lipinski definition) is 1. The Hall–Kier alpha value is -1.84. The van der Waals surface area contributed by atoms with E-state index in [0.29, 0.717) is 22.2 Å². The second kappa shape index (κ2) is 3.38. The highest BCUT2D eigenvalue weighted by molar-refractivity contribution is 6.05. The van der Waals surface area contributed by atoms with Gasteiger partial charge in [-0.05, 0) is 13.0 Å². The lowest BCUT2D eigenvalue weighted by Gasteiger charge is -1.98. The van der Waals surface area contributed by atoms with Gasteiger partial charge < -0.3 is 9.72 Å². The number of methoxy groups -OCH3 is 1. The first-order valence-electron chi connectivity index (χ1n) is 4.50. The number of fused-ring (bicyclic) bond motifs is 1. The number of benzene rings is 1. The topological polar surface area (TPSA) is 42.1 Å². The van der Waals surface area contributed by atoms with Gasteiger partial charge in [0.05, 0.1) is 18.2 Å². The molecule has 2 aromatic rings. The zero-order valence-corrected chi connectivity index (χ0v) is 8.43. The lowest BCUT2D eigenvalue weighted by molar-refractivity contribution is 0.0602. The maximum absolute atomic E-state index is 13.4. The highest BCUT2D eigenvalue weighted by Crippen LogP contribution is 2.24. The smallest absolute Gasteiger partial charge is 0.340 e. The van der Waals surface area contributed by atoms with E-state index < -0.39 is 5.97 Å². The summed E-state index contributed by atoms with van der Waals surface area (Å²) in [5, 5.41) is 0.555. The molecule has 0 aliphatic rings. The molecule has 0 aliphatic carbocycles. The Kier molecular flexibility index (Phi) is 2.19. The van der Waals surface area contributed by atoms with E-state index in [9.17, 15) is 9.18 Å². The first-order chi connectivity index (χ1) is 7.15. The number of ether oxygens (including phenoxy) is 1. The molecule has 15 heavy (non-hydrogen) atoms. The fraction of sp³-hybridized carbons (Fsp3) is 0.182. The molecule has 3 nitrogen and oxygen atoms in total. The Balaban J connectivity index is 2.79. The molecule has 0 fully saturated rings. The number of H-pyrrole nitrogens is 1. The molecule has 0 atom stereocenters. The summed E-state index contributed by atoms with van der Waals surface area (Å²) < 4.78 is 18.0. The zero-order valence-electron chi connectivity index (χ0n) is 8.43. The average molecular weight is 207 g/mol. The molecule has 1 aromatic carbocycles. The summed E-state index contributed by atoms with van der Waals surface area (Å²) in [6, 6.07) is 4.60. The fourth-order valence-corrected chi connectivity index (χ4v) is 1.68. The summed E-state index contributed by atoms with van der Waals surface area (Å²) in [7, 11) is 1.31. The predicted octanol–water partition coefficient (Wildman–Crippen LogP) is 2.40. The normalized spacial score (nSPS) is 10.6. The van der Waals surface area contributed by atoms with Gasteiger partial charge in [0.2, 0.25) is 0 Å². The first kappa shape index (κ1) is 9.71. The van der Waals surface area contributed by atoms with E-state index in [1.54, 1.807) is 19.1 Å². The Morgan fingerprint density at radius 2 is 2.20 bits per heavy atom. The van der Waals surface area contributed by atoms with Crippen LogP contribution >= 0.6 is 0 Å². The summed E-state index contributed by atoms with van der Waals surface area (Å²) in [5.41, 5.74) is 1.35. The third-order valence-electron chi connectivity index (χ3n) is 2.36. The molecule has 2 rings (SSSR count). The van der Waals surface area contributed by atoms with Crippen LogP contribution in [0.5, 0.6) is 0 Å². The SMILES string of the molecule is COC(=O)c1c(C)[nH]c2c(F)cccc12. The van der Waals surface area contributed by atoms with Crippen LogP contribution in [0.1, 0.15) is 16.1 Å². The summed E-state index contributed by atoms with van der Waals surface area (Å²) in [6.45, 7) is 1.71. The van der Waals surface area contributed by atoms with Gasteiger partial charge in [0.15, 0.2) is 0 Å². The van der Waals surface area contributed by atoms with Crippen LogP contribution in [0, 0.1) is 12.7 Å². The number of rotatable bonds is 1. The van der Waals surface area contributed by atoms with Crippen LogP contribution in [-0.4, -0.2) is 18.1 Å². The molecule has 0 bridgehead atoms. The van der Waals surface area contributed by atoms with Gasteiger partial charge in [-0.15, -0.1) is 0 Å². The van der Waals surface area contributed by atoms with Gasteiger partial charge in [0.25, 0.3) is 0 Å². The second-order valence-corrected chi connectivity index (χ2v) is 3.28. The standard InChI is InChI=1S/C11H10FNO2/c1-6-9(11(14)15-2)7-4-3-5-8(12)10(7)13-6/h3-5,13H,1-2H3. The molecule has 0 spiro atoms. The molecule has 0 radical (unpaired) electrons. The zero-order chi connectivity index (χ0) is 11.0. The van der Waals surface area contributed by atoms with E-state index >= 15 is 0 Å². The maximum atomic E-state index is 13.4. The third kappa shape index (κ3) is 1.38. The van der Waals surface area contributed by atoms with E-state index in [4.69, 9.17) is 0 Å². The van der Waals surface area contributed by atoms with Crippen LogP contribution in [0.2, 0.25) is 0 Å². The second-order valence-electron chi connectivity index (χ2n) is 3.28. The van der Waals surface area contributed by atoms with Gasteiger partial charge in [-0.3, -0.25) is 0 Å². The van der Waals surface area contributed by atoms with E-state index in [1.807, 2.05) is 0 Å². The first-order valence-corrected chi connectivity index (χ1v) is 4.50. The van der Waals surface area contributed by atoms with Crippen LogP contribution in [-0.2, 0) is 4.74 Å². The summed E-state index contributed by atoms with van der Waals surface area (Å²) in [6.07, 6.45) is 0. The van der Waals surface area contributed by atoms with Crippen molar-refractivity contribution in [3.8, 4) is 0 Å². The molecule has 1 N–H and O–H groups in total. The van der Waals surface area contributed by atoms with Crippen molar-refractivity contribution in [2.24, 2.45) is 0 Å². The average Bonchev–Trinajstić information content (AvgIpc) is 2.55. The molecule has 0 aliphatic heterocycles. The maximum Gasteiger partial charge on any atom is 0.340 e. The monoisotopic (exact) mass is 207 g/mol. The number of esters is 1. The lowest BCUT2D eigenvalue weighted by atomic mass is 10.1. The molecule has 0 saturated heterocycles. The quantitative estimate of drug-likeness (QED) is 0.729. The minimum atomic E-state index is -0.454. The van der Waals surface area contributed by atoms with Crippen molar-refractivity contribution in [3.63, 3.8) is 0 Å². The molecule has 4 heteroatoms. The van der Waals surface area contributed by atoms with Crippen molar-refractivity contribution in [1.82, 2.24) is 4.98 Å². The number of halogens is 1. The largest absolute Gasteiger partial charge is 0.465 e. The van der Waals surface area contributed by atoms with Gasteiger partial charge in [0.1, 0.15) is 5.82 Å². The number of carbonyl (C=O) groups excluding carboxylic acids is 1. The summed E-state index contributed by atoms with van der Waals surface area (Å²) in [4.78, 5) is 14.3. The van der Waals surface area contributed by atoms with Gasteiger partial charge in [-0.1, -0.05) is 12.1 Å². The lowest BCUT2D eigenvalue weighted by Crippen LogP contribution is -2.01. The van der Waals surface area contributed by atoms with Crippen molar-refractivity contribution in [2.75, 3.05) is 7.11 Å².